The van der Waals surface area contributed by atoms with E-state index in [0.29, 0.717) is 22.2 Å². The van der Waals surface area contributed by atoms with Crippen molar-refractivity contribution in [2.75, 3.05) is 6.61 Å². The number of H-pyrrole nitrogens is 1. The zero-order valence-corrected chi connectivity index (χ0v) is 14.2. The van der Waals surface area contributed by atoms with E-state index in [9.17, 15) is 9.59 Å². The van der Waals surface area contributed by atoms with Gasteiger partial charge in [-0.15, -0.1) is 0 Å². The average Bonchev–Trinajstić information content (AvgIpc) is 3.08. The topological polar surface area (TPSA) is 92.5 Å². The van der Waals surface area contributed by atoms with E-state index in [2.05, 4.69) is 15.8 Å². The molecule has 3 aromatic rings. The number of hydrazine groups is 1. The third-order valence-electron chi connectivity index (χ3n) is 3.93. The van der Waals surface area contributed by atoms with Crippen LogP contribution in [0.1, 0.15) is 10.5 Å². The highest BCUT2D eigenvalue weighted by molar-refractivity contribution is 6.31. The van der Waals surface area contributed by atoms with Gasteiger partial charge < -0.3 is 14.5 Å². The van der Waals surface area contributed by atoms with Gasteiger partial charge in [-0.3, -0.25) is 20.4 Å². The smallest absolute Gasteiger partial charge is 0.286 e. The first-order valence-electron chi connectivity index (χ1n) is 7.87. The zero-order chi connectivity index (χ0) is 18.1. The number of ether oxygens (including phenoxy) is 2. The molecule has 8 heteroatoms. The molecule has 4 rings (SSSR count). The number of carbonyl (C=O) groups is 2. The van der Waals surface area contributed by atoms with Gasteiger partial charge in [0.15, 0.2) is 11.5 Å². The lowest BCUT2D eigenvalue weighted by molar-refractivity contribution is -0.131. The largest absolute Gasteiger partial charge is 0.485 e. The molecule has 26 heavy (non-hydrogen) atoms. The maximum absolute atomic E-state index is 12.2. The van der Waals surface area contributed by atoms with E-state index in [-0.39, 0.29) is 6.61 Å². The van der Waals surface area contributed by atoms with Gasteiger partial charge in [-0.05, 0) is 36.4 Å². The van der Waals surface area contributed by atoms with Crippen molar-refractivity contribution in [2.24, 2.45) is 0 Å². The normalized spacial score (nSPS) is 15.5. The van der Waals surface area contributed by atoms with Crippen LogP contribution in [0.3, 0.4) is 0 Å². The molecule has 0 saturated heterocycles. The van der Waals surface area contributed by atoms with E-state index in [1.54, 1.807) is 42.5 Å². The lowest BCUT2D eigenvalue weighted by atomic mass is 10.2. The third-order valence-corrected chi connectivity index (χ3v) is 4.16. The van der Waals surface area contributed by atoms with Crippen LogP contribution in [-0.2, 0) is 4.79 Å². The number of para-hydroxylation sites is 2. The Hall–Kier alpha value is -3.19. The van der Waals surface area contributed by atoms with Crippen LogP contribution in [0.5, 0.6) is 11.5 Å². The van der Waals surface area contributed by atoms with Gasteiger partial charge in [0.05, 0.1) is 0 Å². The highest BCUT2D eigenvalue weighted by Gasteiger charge is 2.27. The first-order chi connectivity index (χ1) is 12.6. The molecule has 0 spiro atoms. The number of hydrogen-bond acceptors (Lipinski definition) is 4. The van der Waals surface area contributed by atoms with Gasteiger partial charge in [0.25, 0.3) is 11.8 Å². The van der Waals surface area contributed by atoms with Gasteiger partial charge in [-0.1, -0.05) is 23.7 Å². The van der Waals surface area contributed by atoms with E-state index in [1.807, 2.05) is 6.07 Å². The lowest BCUT2D eigenvalue weighted by Gasteiger charge is -2.25. The van der Waals surface area contributed by atoms with Crippen LogP contribution in [0, 0.1) is 0 Å². The Morgan fingerprint density at radius 2 is 1.88 bits per heavy atom. The molecule has 1 atom stereocenters. The Bertz CT molecular complexity index is 1000. The Morgan fingerprint density at radius 3 is 2.73 bits per heavy atom. The number of hydrogen-bond donors (Lipinski definition) is 3. The second-order valence-corrected chi connectivity index (χ2v) is 6.16. The summed E-state index contributed by atoms with van der Waals surface area (Å²) in [4.78, 5) is 27.4. The molecule has 0 saturated carbocycles. The van der Waals surface area contributed by atoms with E-state index >= 15 is 0 Å². The summed E-state index contributed by atoms with van der Waals surface area (Å²) < 4.78 is 11.1. The fourth-order valence-electron chi connectivity index (χ4n) is 2.64. The van der Waals surface area contributed by atoms with Crippen molar-refractivity contribution in [3.05, 3.63) is 59.2 Å². The van der Waals surface area contributed by atoms with Gasteiger partial charge >= 0.3 is 0 Å². The predicted molar refractivity (Wildman–Crippen MR) is 95.3 cm³/mol. The number of benzene rings is 2. The maximum Gasteiger partial charge on any atom is 0.286 e. The number of rotatable bonds is 2. The van der Waals surface area contributed by atoms with Crippen molar-refractivity contribution < 1.29 is 19.1 Å². The molecular formula is C18H14ClN3O4. The van der Waals surface area contributed by atoms with Gasteiger partial charge in [-0.2, -0.15) is 0 Å². The monoisotopic (exact) mass is 371 g/mol. The first kappa shape index (κ1) is 16.3. The lowest BCUT2D eigenvalue weighted by Crippen LogP contribution is -2.50. The molecule has 0 fully saturated rings. The third kappa shape index (κ3) is 3.16. The quantitative estimate of drug-likeness (QED) is 0.603. The van der Waals surface area contributed by atoms with Crippen LogP contribution in [0.4, 0.5) is 0 Å². The van der Waals surface area contributed by atoms with Gasteiger partial charge in [-0.25, -0.2) is 0 Å². The molecule has 2 aromatic carbocycles. The minimum atomic E-state index is -0.855. The van der Waals surface area contributed by atoms with Crippen molar-refractivity contribution in [2.45, 2.75) is 6.10 Å². The van der Waals surface area contributed by atoms with Crippen molar-refractivity contribution in [3.63, 3.8) is 0 Å². The minimum Gasteiger partial charge on any atom is -0.485 e. The first-order valence-corrected chi connectivity index (χ1v) is 8.25. The number of carbonyl (C=O) groups excluding carboxylic acids is 2. The number of nitrogens with one attached hydrogen (secondary N) is 3. The number of aromatic nitrogens is 1. The summed E-state index contributed by atoms with van der Waals surface area (Å²) in [5.74, 6) is 0.0739. The van der Waals surface area contributed by atoms with Crippen molar-refractivity contribution >= 4 is 34.3 Å². The van der Waals surface area contributed by atoms with Crippen LogP contribution in [0.25, 0.3) is 10.9 Å². The second kappa shape index (κ2) is 6.61. The van der Waals surface area contributed by atoms with Gasteiger partial charge in [0.1, 0.15) is 12.3 Å². The number of amides is 2. The minimum absolute atomic E-state index is 0.0591. The molecule has 2 amide bonds. The van der Waals surface area contributed by atoms with Crippen LogP contribution in [-0.4, -0.2) is 29.5 Å². The molecule has 1 aliphatic rings. The van der Waals surface area contributed by atoms with Crippen LogP contribution < -0.4 is 20.3 Å². The fourth-order valence-corrected chi connectivity index (χ4v) is 2.82. The summed E-state index contributed by atoms with van der Waals surface area (Å²) in [7, 11) is 0. The van der Waals surface area contributed by atoms with Crippen LogP contribution in [0.2, 0.25) is 5.02 Å². The molecule has 0 aliphatic carbocycles. The maximum atomic E-state index is 12.2. The summed E-state index contributed by atoms with van der Waals surface area (Å²) in [5.41, 5.74) is 5.77. The average molecular weight is 372 g/mol. The zero-order valence-electron chi connectivity index (χ0n) is 13.4. The number of fused-ring (bicyclic) bond motifs is 2. The van der Waals surface area contributed by atoms with E-state index < -0.39 is 17.9 Å². The van der Waals surface area contributed by atoms with Crippen LogP contribution >= 0.6 is 11.6 Å². The standard InChI is InChI=1S/C18H14ClN3O4/c19-11-5-6-12-10(7-11)8-13(20-12)17(23)21-22-18(24)16-9-25-14-3-1-2-4-15(14)26-16/h1-8,16,20H,9H2,(H,21,23)(H,22,24). The molecule has 1 unspecified atom stereocenters. The molecular weight excluding hydrogens is 358 g/mol. The van der Waals surface area contributed by atoms with Crippen molar-refractivity contribution in [1.82, 2.24) is 15.8 Å². The number of halogens is 1. The number of aromatic amines is 1. The van der Waals surface area contributed by atoms with Gasteiger partial charge in [0.2, 0.25) is 6.10 Å². The summed E-state index contributed by atoms with van der Waals surface area (Å²) >= 11 is 5.94. The Kier molecular flexibility index (Phi) is 4.14. The van der Waals surface area contributed by atoms with E-state index in [0.717, 1.165) is 10.9 Å². The van der Waals surface area contributed by atoms with Crippen molar-refractivity contribution in [1.29, 1.82) is 0 Å². The highest BCUT2D eigenvalue weighted by Crippen LogP contribution is 2.30. The predicted octanol–water partition coefficient (Wildman–Crippen LogP) is 2.42. The van der Waals surface area contributed by atoms with Crippen molar-refractivity contribution in [3.8, 4) is 11.5 Å². The molecule has 0 bridgehead atoms. The molecule has 2 heterocycles. The molecule has 3 N–H and O–H groups in total. The fraction of sp³-hybridized carbons (Fsp3) is 0.111. The Morgan fingerprint density at radius 1 is 1.08 bits per heavy atom. The molecule has 1 aliphatic heterocycles. The summed E-state index contributed by atoms with van der Waals surface area (Å²) in [6.45, 7) is 0.0591. The van der Waals surface area contributed by atoms with Crippen LogP contribution in [0.15, 0.2) is 48.5 Å². The Labute approximate surface area is 153 Å². The highest BCUT2D eigenvalue weighted by atomic mass is 35.5. The summed E-state index contributed by atoms with van der Waals surface area (Å²) in [6.07, 6.45) is -0.855. The molecule has 0 radical (unpaired) electrons. The molecule has 132 valence electrons. The summed E-state index contributed by atoms with van der Waals surface area (Å²) in [6, 6.07) is 14.0. The van der Waals surface area contributed by atoms with Gasteiger partial charge in [0, 0.05) is 15.9 Å². The molecule has 7 nitrogen and oxygen atoms in total. The summed E-state index contributed by atoms with van der Waals surface area (Å²) in [5, 5.41) is 1.38. The van der Waals surface area contributed by atoms with E-state index in [1.165, 1.54) is 0 Å². The SMILES string of the molecule is O=C(NNC(=O)C1COc2ccccc2O1)c1cc2cc(Cl)ccc2[nH]1. The van der Waals surface area contributed by atoms with E-state index in [4.69, 9.17) is 21.1 Å². The second-order valence-electron chi connectivity index (χ2n) is 5.72. The molecule has 1 aromatic heterocycles. The Balaban J connectivity index is 1.38.